The monoisotopic (exact) mass is 99.0 g/mol. The third-order valence-corrected chi connectivity index (χ3v) is 0.448. The second-order valence-corrected chi connectivity index (χ2v) is 0.925. The van der Waals surface area contributed by atoms with Crippen molar-refractivity contribution in [1.29, 1.82) is 0 Å². The molecule has 0 saturated heterocycles. The van der Waals surface area contributed by atoms with Gasteiger partial charge in [0.05, 0.1) is 13.2 Å². The maximum atomic E-state index is 10.0. The lowest BCUT2D eigenvalue weighted by Gasteiger charge is -1.83. The molecule has 0 amide bonds. The second kappa shape index (κ2) is 3.40. The van der Waals surface area contributed by atoms with Crippen LogP contribution in [0.4, 0.5) is 0 Å². The van der Waals surface area contributed by atoms with Crippen LogP contribution in [0.1, 0.15) is 6.92 Å². The summed E-state index contributed by atoms with van der Waals surface area (Å²) in [6.45, 7) is 1.71. The van der Waals surface area contributed by atoms with Gasteiger partial charge in [0.15, 0.2) is 0 Å². The molecule has 0 aliphatic rings. The summed E-state index contributed by atoms with van der Waals surface area (Å²) in [4.78, 5) is 10.0. The molecule has 0 aromatic heterocycles. The molecule has 0 N–H and O–H groups in total. The average Bonchev–Trinajstić information content (AvgIpc) is 1.68. The van der Waals surface area contributed by atoms with E-state index in [-0.39, 0.29) is 0 Å². The molecule has 0 aliphatic carbocycles. The number of rotatable bonds is 1. The molecule has 0 bridgehead atoms. The number of hydrogen-bond acceptors (Lipinski definition) is 2. The predicted octanol–water partition coefficient (Wildman–Crippen LogP) is 0.539. The summed E-state index contributed by atoms with van der Waals surface area (Å²) in [5.41, 5.74) is 0. The highest BCUT2D eigenvalue weighted by Crippen LogP contribution is 1.71. The SMILES string of the molecule is C/C=[C]/C(=O)OC. The maximum Gasteiger partial charge on any atom is 0.338 e. The summed E-state index contributed by atoms with van der Waals surface area (Å²) < 4.78 is 4.21. The number of ether oxygens (including phenoxy) is 1. The van der Waals surface area contributed by atoms with Crippen molar-refractivity contribution >= 4 is 5.97 Å². The number of carbonyl (C=O) groups is 1. The second-order valence-electron chi connectivity index (χ2n) is 0.925. The Morgan fingerprint density at radius 3 is 2.57 bits per heavy atom. The molecule has 0 rings (SSSR count). The van der Waals surface area contributed by atoms with E-state index in [1.165, 1.54) is 13.2 Å². The first-order chi connectivity index (χ1) is 3.31. The molecule has 7 heavy (non-hydrogen) atoms. The smallest absolute Gasteiger partial charge is 0.338 e. The Labute approximate surface area is 42.8 Å². The van der Waals surface area contributed by atoms with Gasteiger partial charge in [-0.2, -0.15) is 0 Å². The largest absolute Gasteiger partial charge is 0.465 e. The van der Waals surface area contributed by atoms with E-state index in [4.69, 9.17) is 0 Å². The molecule has 0 fully saturated rings. The van der Waals surface area contributed by atoms with Gasteiger partial charge in [-0.15, -0.1) is 0 Å². The third-order valence-electron chi connectivity index (χ3n) is 0.448. The summed E-state index contributed by atoms with van der Waals surface area (Å²) >= 11 is 0. The molecule has 0 aromatic rings. The Hall–Kier alpha value is -0.790. The number of esters is 1. The van der Waals surface area contributed by atoms with E-state index in [2.05, 4.69) is 10.8 Å². The topological polar surface area (TPSA) is 26.3 Å². The van der Waals surface area contributed by atoms with Crippen molar-refractivity contribution in [2.45, 2.75) is 6.92 Å². The number of carbonyl (C=O) groups excluding carboxylic acids is 1. The van der Waals surface area contributed by atoms with E-state index < -0.39 is 5.97 Å². The first-order valence-electron chi connectivity index (χ1n) is 1.93. The Bertz CT molecular complexity index is 84.1. The molecular weight excluding hydrogens is 92.1 g/mol. The molecule has 2 nitrogen and oxygen atoms in total. The minimum atomic E-state index is -0.428. The number of allylic oxidation sites excluding steroid dienone is 1. The Morgan fingerprint density at radius 1 is 1.86 bits per heavy atom. The van der Waals surface area contributed by atoms with Gasteiger partial charge in [-0.25, -0.2) is 4.79 Å². The average molecular weight is 99.1 g/mol. The standard InChI is InChI=1S/C5H7O2/c1-3-4-5(6)7-2/h3H,1-2H3. The van der Waals surface area contributed by atoms with E-state index in [1.54, 1.807) is 6.92 Å². The quantitative estimate of drug-likeness (QED) is 0.354. The number of hydrogen-bond donors (Lipinski definition) is 0. The molecule has 0 heterocycles. The lowest BCUT2D eigenvalue weighted by atomic mass is 10.5. The van der Waals surface area contributed by atoms with Gasteiger partial charge in [-0.05, 0) is 6.92 Å². The van der Waals surface area contributed by atoms with Gasteiger partial charge < -0.3 is 4.74 Å². The molecule has 0 spiro atoms. The molecule has 0 atom stereocenters. The predicted molar refractivity (Wildman–Crippen MR) is 25.5 cm³/mol. The molecule has 39 valence electrons. The van der Waals surface area contributed by atoms with Crippen LogP contribution in [0.5, 0.6) is 0 Å². The summed E-state index contributed by atoms with van der Waals surface area (Å²) in [5, 5.41) is 0. The minimum absolute atomic E-state index is 0.428. The van der Waals surface area contributed by atoms with Crippen LogP contribution in [0.25, 0.3) is 0 Å². The molecule has 0 unspecified atom stereocenters. The highest BCUT2D eigenvalue weighted by molar-refractivity contribution is 5.77. The van der Waals surface area contributed by atoms with Crippen LogP contribution in [0, 0.1) is 6.08 Å². The van der Waals surface area contributed by atoms with Gasteiger partial charge in [-0.3, -0.25) is 0 Å². The van der Waals surface area contributed by atoms with Crippen molar-refractivity contribution in [3.05, 3.63) is 12.2 Å². The maximum absolute atomic E-state index is 10.0. The van der Waals surface area contributed by atoms with Crippen molar-refractivity contribution in [1.82, 2.24) is 0 Å². The zero-order valence-electron chi connectivity index (χ0n) is 4.39. The highest BCUT2D eigenvalue weighted by Gasteiger charge is 1.85. The van der Waals surface area contributed by atoms with Gasteiger partial charge in [0, 0.05) is 0 Å². The fourth-order valence-corrected chi connectivity index (χ4v) is 0.177. The highest BCUT2D eigenvalue weighted by atomic mass is 16.5. The Kier molecular flexibility index (Phi) is 3.02. The molecule has 0 aromatic carbocycles. The molecule has 2 heteroatoms. The first kappa shape index (κ1) is 6.21. The first-order valence-corrected chi connectivity index (χ1v) is 1.93. The van der Waals surface area contributed by atoms with Crippen LogP contribution in [-0.4, -0.2) is 13.1 Å². The van der Waals surface area contributed by atoms with Crippen LogP contribution in [0.3, 0.4) is 0 Å². The molecule has 1 radical (unpaired) electrons. The summed E-state index contributed by atoms with van der Waals surface area (Å²) in [6, 6.07) is 0. The third kappa shape index (κ3) is 3.03. The zero-order chi connectivity index (χ0) is 5.70. The summed E-state index contributed by atoms with van der Waals surface area (Å²) in [7, 11) is 1.32. The van der Waals surface area contributed by atoms with Crippen molar-refractivity contribution in [2.75, 3.05) is 7.11 Å². The van der Waals surface area contributed by atoms with Crippen LogP contribution in [0.2, 0.25) is 0 Å². The molecule has 0 aliphatic heterocycles. The fraction of sp³-hybridized carbons (Fsp3) is 0.400. The Balaban J connectivity index is 3.37. The van der Waals surface area contributed by atoms with Crippen molar-refractivity contribution in [2.24, 2.45) is 0 Å². The minimum Gasteiger partial charge on any atom is -0.465 e. The van der Waals surface area contributed by atoms with Crippen LogP contribution in [-0.2, 0) is 9.53 Å². The van der Waals surface area contributed by atoms with E-state index in [0.717, 1.165) is 0 Å². The van der Waals surface area contributed by atoms with E-state index in [1.807, 2.05) is 0 Å². The van der Waals surface area contributed by atoms with Gasteiger partial charge in [0.25, 0.3) is 0 Å². The van der Waals surface area contributed by atoms with Gasteiger partial charge >= 0.3 is 5.97 Å². The van der Waals surface area contributed by atoms with Crippen LogP contribution in [0.15, 0.2) is 6.08 Å². The van der Waals surface area contributed by atoms with Crippen molar-refractivity contribution in [3.8, 4) is 0 Å². The van der Waals surface area contributed by atoms with Crippen molar-refractivity contribution < 1.29 is 9.53 Å². The van der Waals surface area contributed by atoms with Gasteiger partial charge in [-0.1, -0.05) is 6.08 Å². The summed E-state index contributed by atoms with van der Waals surface area (Å²) in [6.07, 6.45) is 3.81. The molecule has 0 saturated carbocycles. The number of methoxy groups -OCH3 is 1. The van der Waals surface area contributed by atoms with E-state index in [9.17, 15) is 4.79 Å². The van der Waals surface area contributed by atoms with Gasteiger partial charge in [0.1, 0.15) is 0 Å². The van der Waals surface area contributed by atoms with E-state index in [0.29, 0.717) is 0 Å². The molecular formula is C5H7O2. The fourth-order valence-electron chi connectivity index (χ4n) is 0.177. The summed E-state index contributed by atoms with van der Waals surface area (Å²) in [5.74, 6) is -0.428. The zero-order valence-corrected chi connectivity index (χ0v) is 4.39. The van der Waals surface area contributed by atoms with E-state index >= 15 is 0 Å². The van der Waals surface area contributed by atoms with Gasteiger partial charge in [0.2, 0.25) is 0 Å². The lowest BCUT2D eigenvalue weighted by molar-refractivity contribution is -0.135. The normalized spacial score (nSPS) is 9.43. The van der Waals surface area contributed by atoms with Crippen LogP contribution < -0.4 is 0 Å². The van der Waals surface area contributed by atoms with Crippen molar-refractivity contribution in [3.63, 3.8) is 0 Å². The Morgan fingerprint density at radius 2 is 2.43 bits per heavy atom. The van der Waals surface area contributed by atoms with Crippen LogP contribution >= 0.6 is 0 Å². The lowest BCUT2D eigenvalue weighted by Crippen LogP contribution is -1.93.